The van der Waals surface area contributed by atoms with Crippen molar-refractivity contribution in [2.45, 2.75) is 13.0 Å². The van der Waals surface area contributed by atoms with E-state index >= 15 is 0 Å². The van der Waals surface area contributed by atoms with Crippen LogP contribution in [0.3, 0.4) is 0 Å². The van der Waals surface area contributed by atoms with Crippen molar-refractivity contribution >= 4 is 15.9 Å². The number of nitrogens with one attached hydrogen (secondary N) is 1. The van der Waals surface area contributed by atoms with Gasteiger partial charge in [0.25, 0.3) is 0 Å². The summed E-state index contributed by atoms with van der Waals surface area (Å²) in [5, 5.41) is 3.12. The van der Waals surface area contributed by atoms with E-state index in [9.17, 15) is 8.78 Å². The Bertz CT molecular complexity index is 613. The van der Waals surface area contributed by atoms with Gasteiger partial charge in [0.1, 0.15) is 17.4 Å². The molecule has 0 aliphatic carbocycles. The molecule has 2 rings (SSSR count). The third-order valence-electron chi connectivity index (χ3n) is 3.20. The molecule has 0 amide bonds. The van der Waals surface area contributed by atoms with Crippen molar-refractivity contribution in [2.75, 3.05) is 13.7 Å². The van der Waals surface area contributed by atoms with Crippen LogP contribution in [0.4, 0.5) is 8.78 Å². The van der Waals surface area contributed by atoms with E-state index < -0.39 is 17.7 Å². The Hall–Kier alpha value is -1.46. The second kappa shape index (κ2) is 7.00. The maximum atomic E-state index is 14.1. The number of rotatable bonds is 5. The summed E-state index contributed by atoms with van der Waals surface area (Å²) >= 11 is 3.36. The molecular weight excluding hydrogens is 340 g/mol. The van der Waals surface area contributed by atoms with Gasteiger partial charge in [-0.15, -0.1) is 0 Å². The van der Waals surface area contributed by atoms with E-state index in [0.29, 0.717) is 17.9 Å². The Labute approximate surface area is 131 Å². The van der Waals surface area contributed by atoms with E-state index in [1.54, 1.807) is 12.1 Å². The van der Waals surface area contributed by atoms with Gasteiger partial charge in [0.2, 0.25) is 0 Å². The first-order valence-electron chi connectivity index (χ1n) is 6.59. The zero-order valence-electron chi connectivity index (χ0n) is 11.8. The summed E-state index contributed by atoms with van der Waals surface area (Å²) in [6.07, 6.45) is 0. The number of hydrogen-bond donors (Lipinski definition) is 1. The van der Waals surface area contributed by atoms with Crippen molar-refractivity contribution in [1.29, 1.82) is 0 Å². The zero-order valence-corrected chi connectivity index (χ0v) is 13.4. The van der Waals surface area contributed by atoms with Gasteiger partial charge in [-0.2, -0.15) is 0 Å². The van der Waals surface area contributed by atoms with Gasteiger partial charge in [-0.3, -0.25) is 0 Å². The topological polar surface area (TPSA) is 21.3 Å². The van der Waals surface area contributed by atoms with Crippen molar-refractivity contribution in [3.05, 3.63) is 63.6 Å². The lowest BCUT2D eigenvalue weighted by molar-refractivity contribution is 0.401. The number of hydrogen-bond acceptors (Lipinski definition) is 2. The smallest absolute Gasteiger partial charge is 0.131 e. The minimum atomic E-state index is -0.612. The Morgan fingerprint density at radius 2 is 1.86 bits per heavy atom. The highest BCUT2D eigenvalue weighted by Crippen LogP contribution is 2.34. The fraction of sp³-hybridized carbons (Fsp3) is 0.250. The molecule has 2 nitrogen and oxygen atoms in total. The summed E-state index contributed by atoms with van der Waals surface area (Å²) in [5.74, 6) is -0.588. The van der Waals surface area contributed by atoms with Gasteiger partial charge in [0.15, 0.2) is 0 Å². The maximum absolute atomic E-state index is 14.1. The summed E-state index contributed by atoms with van der Waals surface area (Å²) in [6.45, 7) is 2.45. The van der Waals surface area contributed by atoms with Crippen LogP contribution >= 0.6 is 15.9 Å². The Kier molecular flexibility index (Phi) is 5.31. The third kappa shape index (κ3) is 3.41. The minimum absolute atomic E-state index is 0.0000255. The molecule has 5 heteroatoms. The van der Waals surface area contributed by atoms with Crippen molar-refractivity contribution in [3.63, 3.8) is 0 Å². The molecule has 112 valence electrons. The highest BCUT2D eigenvalue weighted by Gasteiger charge is 2.24. The molecule has 2 aromatic carbocycles. The molecular formula is C16H16BrF2NO. The van der Waals surface area contributed by atoms with E-state index in [4.69, 9.17) is 4.74 Å². The lowest BCUT2D eigenvalue weighted by atomic mass is 9.96. The first kappa shape index (κ1) is 15.9. The molecule has 0 saturated heterocycles. The molecule has 0 aromatic heterocycles. The monoisotopic (exact) mass is 355 g/mol. The minimum Gasteiger partial charge on any atom is -0.496 e. The molecule has 21 heavy (non-hydrogen) atoms. The number of halogens is 3. The molecule has 0 bridgehead atoms. The van der Waals surface area contributed by atoms with Crippen LogP contribution in [-0.4, -0.2) is 13.7 Å². The summed E-state index contributed by atoms with van der Waals surface area (Å²) in [6, 6.07) is 8.65. The van der Waals surface area contributed by atoms with Gasteiger partial charge >= 0.3 is 0 Å². The van der Waals surface area contributed by atoms with E-state index in [1.807, 2.05) is 13.0 Å². The average molecular weight is 356 g/mol. The summed E-state index contributed by atoms with van der Waals surface area (Å²) in [7, 11) is 1.53. The quantitative estimate of drug-likeness (QED) is 0.856. The van der Waals surface area contributed by atoms with Crippen LogP contribution in [0.2, 0.25) is 0 Å². The van der Waals surface area contributed by atoms with E-state index in [2.05, 4.69) is 21.2 Å². The average Bonchev–Trinajstić information content (AvgIpc) is 2.46. The Balaban J connectivity index is 2.59. The fourth-order valence-electron chi connectivity index (χ4n) is 2.28. The van der Waals surface area contributed by atoms with Crippen molar-refractivity contribution in [2.24, 2.45) is 0 Å². The molecule has 0 spiro atoms. The lowest BCUT2D eigenvalue weighted by Crippen LogP contribution is -2.24. The SMILES string of the molecule is CCNC(c1ccc(Br)cc1OC)c1c(F)cccc1F. The van der Waals surface area contributed by atoms with Gasteiger partial charge < -0.3 is 10.1 Å². The van der Waals surface area contributed by atoms with Gasteiger partial charge in [0.05, 0.1) is 13.2 Å². The third-order valence-corrected chi connectivity index (χ3v) is 3.70. The normalized spacial score (nSPS) is 12.2. The largest absolute Gasteiger partial charge is 0.496 e. The van der Waals surface area contributed by atoms with Crippen LogP contribution in [-0.2, 0) is 0 Å². The molecule has 0 fully saturated rings. The van der Waals surface area contributed by atoms with Gasteiger partial charge in [-0.25, -0.2) is 8.78 Å². The highest BCUT2D eigenvalue weighted by atomic mass is 79.9. The predicted octanol–water partition coefficient (Wildman–Crippen LogP) is 4.43. The standard InChI is InChI=1S/C16H16BrF2NO/c1-3-20-16(15-12(18)5-4-6-13(15)19)11-8-7-10(17)9-14(11)21-2/h4-9,16,20H,3H2,1-2H3. The molecule has 0 radical (unpaired) electrons. The van der Waals surface area contributed by atoms with Crippen LogP contribution in [0.15, 0.2) is 40.9 Å². The second-order valence-corrected chi connectivity index (χ2v) is 5.43. The van der Waals surface area contributed by atoms with Crippen LogP contribution in [0, 0.1) is 11.6 Å². The van der Waals surface area contributed by atoms with E-state index in [-0.39, 0.29) is 5.56 Å². The van der Waals surface area contributed by atoms with Gasteiger partial charge in [-0.1, -0.05) is 35.0 Å². The Morgan fingerprint density at radius 1 is 1.19 bits per heavy atom. The molecule has 0 aliphatic heterocycles. The molecule has 1 atom stereocenters. The molecule has 0 saturated carbocycles. The molecule has 0 aliphatic rings. The number of benzene rings is 2. The predicted molar refractivity (Wildman–Crippen MR) is 82.6 cm³/mol. The van der Waals surface area contributed by atoms with Gasteiger partial charge in [0, 0.05) is 15.6 Å². The Morgan fingerprint density at radius 3 is 2.43 bits per heavy atom. The first-order chi connectivity index (χ1) is 10.1. The van der Waals surface area contributed by atoms with Gasteiger partial charge in [-0.05, 0) is 30.8 Å². The summed E-state index contributed by atoms with van der Waals surface area (Å²) < 4.78 is 34.4. The molecule has 0 heterocycles. The van der Waals surface area contributed by atoms with Crippen LogP contribution in [0.25, 0.3) is 0 Å². The first-order valence-corrected chi connectivity index (χ1v) is 7.38. The zero-order chi connectivity index (χ0) is 15.4. The second-order valence-electron chi connectivity index (χ2n) is 4.51. The number of methoxy groups -OCH3 is 1. The molecule has 1 N–H and O–H groups in total. The number of ether oxygens (including phenoxy) is 1. The highest BCUT2D eigenvalue weighted by molar-refractivity contribution is 9.10. The van der Waals surface area contributed by atoms with Crippen LogP contribution in [0.1, 0.15) is 24.1 Å². The van der Waals surface area contributed by atoms with E-state index in [0.717, 1.165) is 4.47 Å². The molecule has 2 aromatic rings. The van der Waals surface area contributed by atoms with Crippen LogP contribution in [0.5, 0.6) is 5.75 Å². The van der Waals surface area contributed by atoms with E-state index in [1.165, 1.54) is 25.3 Å². The molecule has 1 unspecified atom stereocenters. The fourth-order valence-corrected chi connectivity index (χ4v) is 2.62. The van der Waals surface area contributed by atoms with Crippen LogP contribution < -0.4 is 10.1 Å². The van der Waals surface area contributed by atoms with Crippen molar-refractivity contribution in [3.8, 4) is 5.75 Å². The maximum Gasteiger partial charge on any atom is 0.131 e. The van der Waals surface area contributed by atoms with Crippen molar-refractivity contribution < 1.29 is 13.5 Å². The van der Waals surface area contributed by atoms with Crippen molar-refractivity contribution in [1.82, 2.24) is 5.32 Å². The summed E-state index contributed by atoms with van der Waals surface area (Å²) in [4.78, 5) is 0. The summed E-state index contributed by atoms with van der Waals surface area (Å²) in [5.41, 5.74) is 0.687. The lowest BCUT2D eigenvalue weighted by Gasteiger charge is -2.22.